The Bertz CT molecular complexity index is 1020. The molecule has 32 heavy (non-hydrogen) atoms. The van der Waals surface area contributed by atoms with E-state index in [4.69, 9.17) is 14.2 Å². The van der Waals surface area contributed by atoms with Crippen LogP contribution in [0, 0.1) is 0 Å². The number of hydrogen-bond acceptors (Lipinski definition) is 5. The summed E-state index contributed by atoms with van der Waals surface area (Å²) in [6, 6.07) is 16.6. The van der Waals surface area contributed by atoms with Crippen molar-refractivity contribution in [3.63, 3.8) is 0 Å². The van der Waals surface area contributed by atoms with Crippen LogP contribution in [0.1, 0.15) is 55.2 Å². The third-order valence-electron chi connectivity index (χ3n) is 4.70. The van der Waals surface area contributed by atoms with Gasteiger partial charge in [0.05, 0.1) is 18.8 Å². The molecule has 0 aliphatic rings. The second-order valence-corrected chi connectivity index (χ2v) is 7.68. The van der Waals surface area contributed by atoms with E-state index in [1.54, 1.807) is 30.6 Å². The van der Waals surface area contributed by atoms with Gasteiger partial charge >= 0.3 is 0 Å². The number of amides is 1. The predicted octanol–water partition coefficient (Wildman–Crippen LogP) is 5.34. The van der Waals surface area contributed by atoms with Crippen LogP contribution in [-0.2, 0) is 6.61 Å². The first-order valence-electron chi connectivity index (χ1n) is 10.8. The first-order chi connectivity index (χ1) is 15.5. The highest BCUT2D eigenvalue weighted by Gasteiger charge is 2.15. The summed E-state index contributed by atoms with van der Waals surface area (Å²) in [4.78, 5) is 17.0. The Labute approximate surface area is 189 Å². The number of nitrogens with one attached hydrogen (secondary N) is 1. The predicted molar refractivity (Wildman–Crippen MR) is 124 cm³/mol. The zero-order chi connectivity index (χ0) is 22.9. The first kappa shape index (κ1) is 23.1. The summed E-state index contributed by atoms with van der Waals surface area (Å²) < 4.78 is 17.4. The maximum Gasteiger partial charge on any atom is 0.251 e. The molecule has 1 atom stereocenters. The van der Waals surface area contributed by atoms with Gasteiger partial charge in [0, 0.05) is 23.5 Å². The van der Waals surface area contributed by atoms with Crippen LogP contribution in [0.4, 0.5) is 0 Å². The van der Waals surface area contributed by atoms with Crippen LogP contribution >= 0.6 is 0 Å². The molecule has 0 aliphatic heterocycles. The normalized spacial score (nSPS) is 11.7. The van der Waals surface area contributed by atoms with Crippen LogP contribution < -0.4 is 19.5 Å². The van der Waals surface area contributed by atoms with Gasteiger partial charge in [-0.1, -0.05) is 18.2 Å². The van der Waals surface area contributed by atoms with Crippen molar-refractivity contribution in [2.24, 2.45) is 0 Å². The van der Waals surface area contributed by atoms with Gasteiger partial charge in [0.1, 0.15) is 12.4 Å². The van der Waals surface area contributed by atoms with Crippen molar-refractivity contribution in [3.8, 4) is 17.2 Å². The van der Waals surface area contributed by atoms with Crippen LogP contribution in [-0.4, -0.2) is 23.6 Å². The van der Waals surface area contributed by atoms with E-state index in [0.717, 1.165) is 16.9 Å². The molecule has 1 amide bonds. The van der Waals surface area contributed by atoms with Crippen molar-refractivity contribution < 1.29 is 19.0 Å². The van der Waals surface area contributed by atoms with Gasteiger partial charge in [-0.25, -0.2) is 0 Å². The minimum absolute atomic E-state index is 0.0889. The lowest BCUT2D eigenvalue weighted by molar-refractivity contribution is 0.0939. The van der Waals surface area contributed by atoms with Crippen molar-refractivity contribution in [1.82, 2.24) is 10.3 Å². The highest BCUT2D eigenvalue weighted by atomic mass is 16.5. The van der Waals surface area contributed by atoms with E-state index < -0.39 is 0 Å². The lowest BCUT2D eigenvalue weighted by Gasteiger charge is -2.17. The Balaban J connectivity index is 1.70. The van der Waals surface area contributed by atoms with Crippen LogP contribution in [0.15, 0.2) is 67.0 Å². The monoisotopic (exact) mass is 434 g/mol. The zero-order valence-electron chi connectivity index (χ0n) is 19.0. The summed E-state index contributed by atoms with van der Waals surface area (Å²) in [5, 5.41) is 3.04. The fraction of sp³-hybridized carbons (Fsp3) is 0.308. The molecule has 1 heterocycles. The van der Waals surface area contributed by atoms with Crippen molar-refractivity contribution >= 4 is 5.91 Å². The molecule has 0 saturated heterocycles. The molecule has 2 aromatic carbocycles. The van der Waals surface area contributed by atoms with Gasteiger partial charge < -0.3 is 19.5 Å². The van der Waals surface area contributed by atoms with Crippen molar-refractivity contribution in [2.45, 2.75) is 46.4 Å². The number of nitrogens with zero attached hydrogens (tertiary/aromatic N) is 1. The average Bonchev–Trinajstić information content (AvgIpc) is 2.78. The van der Waals surface area contributed by atoms with Gasteiger partial charge in [-0.05, 0) is 69.7 Å². The molecule has 0 spiro atoms. The Morgan fingerprint density at radius 3 is 2.56 bits per heavy atom. The number of rotatable bonds is 10. The Hall–Kier alpha value is -3.54. The van der Waals surface area contributed by atoms with Gasteiger partial charge in [-0.15, -0.1) is 0 Å². The molecule has 6 heteroatoms. The van der Waals surface area contributed by atoms with E-state index >= 15 is 0 Å². The molecule has 0 saturated carbocycles. The molecule has 1 aromatic heterocycles. The Morgan fingerprint density at radius 1 is 1.00 bits per heavy atom. The van der Waals surface area contributed by atoms with E-state index in [2.05, 4.69) is 10.3 Å². The minimum atomic E-state index is -0.188. The third kappa shape index (κ3) is 6.48. The Kier molecular flexibility index (Phi) is 8.08. The SMILES string of the molecule is CCOc1cc(C(=O)NC(C)c2cccc(OC(C)C)c2)ccc1OCc1cccnc1. The fourth-order valence-corrected chi connectivity index (χ4v) is 3.17. The second kappa shape index (κ2) is 11.2. The quantitative estimate of drug-likeness (QED) is 0.467. The number of ether oxygens (including phenoxy) is 3. The highest BCUT2D eigenvalue weighted by molar-refractivity contribution is 5.95. The number of hydrogen-bond donors (Lipinski definition) is 1. The highest BCUT2D eigenvalue weighted by Crippen LogP contribution is 2.30. The fourth-order valence-electron chi connectivity index (χ4n) is 3.17. The molecule has 0 radical (unpaired) electrons. The summed E-state index contributed by atoms with van der Waals surface area (Å²) in [7, 11) is 0. The summed E-state index contributed by atoms with van der Waals surface area (Å²) in [6.45, 7) is 8.64. The van der Waals surface area contributed by atoms with Crippen LogP contribution in [0.2, 0.25) is 0 Å². The standard InChI is InChI=1S/C26H30N2O4/c1-5-30-25-15-22(11-12-24(25)31-17-20-8-7-13-27-16-20)26(29)28-19(4)21-9-6-10-23(14-21)32-18(2)3/h6-16,18-19H,5,17H2,1-4H3,(H,28,29). The van der Waals surface area contributed by atoms with Crippen molar-refractivity contribution in [2.75, 3.05) is 6.61 Å². The average molecular weight is 435 g/mol. The minimum Gasteiger partial charge on any atom is -0.491 e. The summed E-state index contributed by atoms with van der Waals surface area (Å²) in [5.41, 5.74) is 2.43. The summed E-state index contributed by atoms with van der Waals surface area (Å²) in [5.74, 6) is 1.71. The maximum absolute atomic E-state index is 12.9. The number of carbonyl (C=O) groups is 1. The van der Waals surface area contributed by atoms with E-state index in [-0.39, 0.29) is 18.1 Å². The summed E-state index contributed by atoms with van der Waals surface area (Å²) in [6.07, 6.45) is 3.56. The molecular formula is C26H30N2O4. The topological polar surface area (TPSA) is 69.7 Å². The molecule has 3 rings (SSSR count). The summed E-state index contributed by atoms with van der Waals surface area (Å²) >= 11 is 0. The molecule has 0 aliphatic carbocycles. The molecule has 3 aromatic rings. The number of pyridine rings is 1. The van der Waals surface area contributed by atoms with E-state index in [1.165, 1.54) is 0 Å². The van der Waals surface area contributed by atoms with E-state index in [9.17, 15) is 4.79 Å². The van der Waals surface area contributed by atoms with Crippen molar-refractivity contribution in [3.05, 3.63) is 83.7 Å². The molecular weight excluding hydrogens is 404 g/mol. The van der Waals surface area contributed by atoms with E-state index in [1.807, 2.05) is 64.1 Å². The largest absolute Gasteiger partial charge is 0.491 e. The smallest absolute Gasteiger partial charge is 0.251 e. The molecule has 1 N–H and O–H groups in total. The Morgan fingerprint density at radius 2 is 1.84 bits per heavy atom. The number of benzene rings is 2. The van der Waals surface area contributed by atoms with Gasteiger partial charge in [0.2, 0.25) is 0 Å². The van der Waals surface area contributed by atoms with Gasteiger partial charge in [0.15, 0.2) is 11.5 Å². The molecule has 168 valence electrons. The number of aromatic nitrogens is 1. The second-order valence-electron chi connectivity index (χ2n) is 7.68. The molecule has 6 nitrogen and oxygen atoms in total. The lowest BCUT2D eigenvalue weighted by Crippen LogP contribution is -2.26. The molecule has 1 unspecified atom stereocenters. The van der Waals surface area contributed by atoms with Crippen LogP contribution in [0.5, 0.6) is 17.2 Å². The van der Waals surface area contributed by atoms with Gasteiger partial charge in [0.25, 0.3) is 5.91 Å². The first-order valence-corrected chi connectivity index (χ1v) is 10.8. The third-order valence-corrected chi connectivity index (χ3v) is 4.70. The lowest BCUT2D eigenvalue weighted by atomic mass is 10.1. The van der Waals surface area contributed by atoms with Gasteiger partial charge in [-0.3, -0.25) is 9.78 Å². The maximum atomic E-state index is 12.9. The zero-order valence-corrected chi connectivity index (χ0v) is 19.0. The van der Waals surface area contributed by atoms with Crippen LogP contribution in [0.3, 0.4) is 0 Å². The van der Waals surface area contributed by atoms with Gasteiger partial charge in [-0.2, -0.15) is 0 Å². The van der Waals surface area contributed by atoms with Crippen molar-refractivity contribution in [1.29, 1.82) is 0 Å². The molecule has 0 fully saturated rings. The van der Waals surface area contributed by atoms with E-state index in [0.29, 0.717) is 30.3 Å². The van der Waals surface area contributed by atoms with Crippen LogP contribution in [0.25, 0.3) is 0 Å². The number of carbonyl (C=O) groups excluding carboxylic acids is 1. The molecule has 0 bridgehead atoms.